The Bertz CT molecular complexity index is 1810. The van der Waals surface area contributed by atoms with Crippen molar-refractivity contribution in [2.45, 2.75) is 19.9 Å². The summed E-state index contributed by atoms with van der Waals surface area (Å²) < 4.78 is 18.6. The van der Waals surface area contributed by atoms with Gasteiger partial charge in [-0.15, -0.1) is 0 Å². The van der Waals surface area contributed by atoms with Gasteiger partial charge in [0.25, 0.3) is 11.2 Å². The molecule has 0 aliphatic carbocycles. The highest BCUT2D eigenvalue weighted by atomic mass is 32.1. The molecule has 10 nitrogen and oxygen atoms in total. The van der Waals surface area contributed by atoms with Gasteiger partial charge < -0.3 is 13.9 Å². The second-order valence-electron chi connectivity index (χ2n) is 8.55. The van der Waals surface area contributed by atoms with E-state index in [1.54, 1.807) is 56.3 Å². The van der Waals surface area contributed by atoms with Gasteiger partial charge in [0.1, 0.15) is 23.3 Å². The molecule has 11 heteroatoms. The van der Waals surface area contributed by atoms with E-state index in [9.17, 15) is 19.7 Å². The molecule has 0 saturated heterocycles. The number of furan rings is 1. The molecule has 0 spiro atoms. The molecule has 198 valence electrons. The minimum absolute atomic E-state index is 0.0529. The SMILES string of the molecule is CCOC(=O)C1=C(C)N=c2s/c(=C\c3ccc(-c4cccc([N+](=O)[O-])c4)o3)c(=O)n2C1c1ccccc1OC. The normalized spacial score (nSPS) is 15.1. The van der Waals surface area contributed by atoms with Crippen LogP contribution in [0.5, 0.6) is 5.75 Å². The molecule has 0 fully saturated rings. The van der Waals surface area contributed by atoms with E-state index in [2.05, 4.69) is 4.99 Å². The molecule has 0 radical (unpaired) electrons. The number of ether oxygens (including phenoxy) is 2. The number of fused-ring (bicyclic) bond motifs is 1. The van der Waals surface area contributed by atoms with Gasteiger partial charge in [0.2, 0.25) is 0 Å². The van der Waals surface area contributed by atoms with Crippen LogP contribution < -0.4 is 19.6 Å². The van der Waals surface area contributed by atoms with Crippen molar-refractivity contribution < 1.29 is 23.6 Å². The standard InChI is InChI=1S/C28H23N3O7S/c1-4-37-27(33)24-16(2)29-28-30(25(24)20-10-5-6-11-22(20)36-3)26(32)23(39-28)15-19-12-13-21(38-19)17-8-7-9-18(14-17)31(34)35/h5-15,25H,4H2,1-3H3/b23-15-. The zero-order valence-electron chi connectivity index (χ0n) is 21.2. The summed E-state index contributed by atoms with van der Waals surface area (Å²) in [6.07, 6.45) is 1.59. The number of hydrogen-bond acceptors (Lipinski definition) is 9. The van der Waals surface area contributed by atoms with Crippen molar-refractivity contribution >= 4 is 29.1 Å². The lowest BCUT2D eigenvalue weighted by Gasteiger charge is -2.25. The van der Waals surface area contributed by atoms with Crippen LogP contribution in [0.1, 0.15) is 31.2 Å². The Hall–Kier alpha value is -4.77. The molecule has 39 heavy (non-hydrogen) atoms. The number of nitro benzene ring substituents is 1. The van der Waals surface area contributed by atoms with Gasteiger partial charge in [-0.1, -0.05) is 41.7 Å². The number of rotatable bonds is 7. The van der Waals surface area contributed by atoms with E-state index in [1.165, 1.54) is 23.8 Å². The number of carbonyl (C=O) groups is 1. The van der Waals surface area contributed by atoms with Crippen molar-refractivity contribution in [1.82, 2.24) is 4.57 Å². The maximum Gasteiger partial charge on any atom is 0.338 e. The van der Waals surface area contributed by atoms with Crippen LogP contribution in [0.3, 0.4) is 0 Å². The van der Waals surface area contributed by atoms with Crippen molar-refractivity contribution in [3.63, 3.8) is 0 Å². The zero-order valence-corrected chi connectivity index (χ0v) is 22.1. The Labute approximate surface area is 225 Å². The zero-order chi connectivity index (χ0) is 27.7. The average molecular weight is 546 g/mol. The molecular formula is C28H23N3O7S. The first kappa shape index (κ1) is 25.9. The number of benzene rings is 2. The van der Waals surface area contributed by atoms with Gasteiger partial charge >= 0.3 is 5.97 Å². The lowest BCUT2D eigenvalue weighted by atomic mass is 9.95. The van der Waals surface area contributed by atoms with Gasteiger partial charge in [-0.25, -0.2) is 9.79 Å². The number of nitro groups is 1. The van der Waals surface area contributed by atoms with E-state index in [4.69, 9.17) is 13.9 Å². The van der Waals surface area contributed by atoms with Crippen LogP contribution in [-0.2, 0) is 9.53 Å². The topological polar surface area (TPSA) is 126 Å². The molecule has 1 unspecified atom stereocenters. The van der Waals surface area contributed by atoms with E-state index < -0.39 is 16.9 Å². The number of allylic oxidation sites excluding steroid dienone is 1. The summed E-state index contributed by atoms with van der Waals surface area (Å²) in [6, 6.07) is 15.8. The molecule has 3 heterocycles. The number of non-ortho nitro benzene ring substituents is 1. The maximum atomic E-state index is 13.8. The molecule has 1 aliphatic rings. The van der Waals surface area contributed by atoms with Crippen molar-refractivity contribution in [2.75, 3.05) is 13.7 Å². The Morgan fingerprint density at radius 1 is 1.21 bits per heavy atom. The summed E-state index contributed by atoms with van der Waals surface area (Å²) >= 11 is 1.16. The third-order valence-corrected chi connectivity index (χ3v) is 7.18. The number of thiazole rings is 1. The lowest BCUT2D eigenvalue weighted by molar-refractivity contribution is -0.384. The minimum Gasteiger partial charge on any atom is -0.496 e. The highest BCUT2D eigenvalue weighted by Crippen LogP contribution is 2.35. The number of hydrogen-bond donors (Lipinski definition) is 0. The Kier molecular flexibility index (Phi) is 6.99. The summed E-state index contributed by atoms with van der Waals surface area (Å²) in [7, 11) is 1.53. The van der Waals surface area contributed by atoms with Crippen molar-refractivity contribution in [3.8, 4) is 17.1 Å². The van der Waals surface area contributed by atoms with Crippen molar-refractivity contribution in [3.05, 3.63) is 113 Å². The van der Waals surface area contributed by atoms with Gasteiger partial charge in [-0.3, -0.25) is 19.5 Å². The highest BCUT2D eigenvalue weighted by Gasteiger charge is 2.35. The van der Waals surface area contributed by atoms with E-state index in [1.807, 2.05) is 12.1 Å². The number of aromatic nitrogens is 1. The van der Waals surface area contributed by atoms with E-state index in [-0.39, 0.29) is 23.4 Å². The Morgan fingerprint density at radius 2 is 2.00 bits per heavy atom. The van der Waals surface area contributed by atoms with Gasteiger partial charge in [-0.2, -0.15) is 0 Å². The van der Waals surface area contributed by atoms with E-state index in [0.717, 1.165) is 11.3 Å². The van der Waals surface area contributed by atoms with Gasteiger partial charge in [0, 0.05) is 29.3 Å². The first-order valence-electron chi connectivity index (χ1n) is 12.0. The molecule has 1 aliphatic heterocycles. The summed E-state index contributed by atoms with van der Waals surface area (Å²) in [6.45, 7) is 3.60. The fourth-order valence-corrected chi connectivity index (χ4v) is 5.49. The highest BCUT2D eigenvalue weighted by molar-refractivity contribution is 7.07. The number of para-hydroxylation sites is 1. The molecule has 0 N–H and O–H groups in total. The Morgan fingerprint density at radius 3 is 2.74 bits per heavy atom. The smallest absolute Gasteiger partial charge is 0.338 e. The van der Waals surface area contributed by atoms with Crippen LogP contribution >= 0.6 is 11.3 Å². The third-order valence-electron chi connectivity index (χ3n) is 6.19. The fourth-order valence-electron chi connectivity index (χ4n) is 4.47. The molecule has 1 atom stereocenters. The number of methoxy groups -OCH3 is 1. The van der Waals surface area contributed by atoms with Gasteiger partial charge in [0.05, 0.1) is 34.4 Å². The lowest BCUT2D eigenvalue weighted by Crippen LogP contribution is -2.40. The third kappa shape index (κ3) is 4.79. The molecular weight excluding hydrogens is 522 g/mol. The summed E-state index contributed by atoms with van der Waals surface area (Å²) in [5.41, 5.74) is 1.45. The van der Waals surface area contributed by atoms with Crippen molar-refractivity contribution in [2.24, 2.45) is 4.99 Å². The summed E-state index contributed by atoms with van der Waals surface area (Å²) in [4.78, 5) is 42.5. The fraction of sp³-hybridized carbons (Fsp3) is 0.179. The van der Waals surface area contributed by atoms with Crippen LogP contribution in [0.4, 0.5) is 5.69 Å². The Balaban J connectivity index is 1.64. The van der Waals surface area contributed by atoms with Crippen LogP contribution in [0.2, 0.25) is 0 Å². The predicted molar refractivity (Wildman–Crippen MR) is 144 cm³/mol. The molecule has 5 rings (SSSR count). The number of carbonyl (C=O) groups excluding carboxylic acids is 1. The predicted octanol–water partition coefficient (Wildman–Crippen LogP) is 3.98. The van der Waals surface area contributed by atoms with Crippen LogP contribution in [-0.4, -0.2) is 29.2 Å². The summed E-state index contributed by atoms with van der Waals surface area (Å²) in [5.74, 6) is 0.764. The van der Waals surface area contributed by atoms with Crippen LogP contribution in [0, 0.1) is 10.1 Å². The largest absolute Gasteiger partial charge is 0.496 e. The second kappa shape index (κ2) is 10.5. The van der Waals surface area contributed by atoms with Gasteiger partial charge in [-0.05, 0) is 32.0 Å². The first-order valence-corrected chi connectivity index (χ1v) is 12.8. The van der Waals surface area contributed by atoms with Gasteiger partial charge in [0.15, 0.2) is 4.80 Å². The second-order valence-corrected chi connectivity index (χ2v) is 9.56. The monoisotopic (exact) mass is 545 g/mol. The average Bonchev–Trinajstić information content (AvgIpc) is 3.52. The minimum atomic E-state index is -0.810. The van der Waals surface area contributed by atoms with Crippen LogP contribution in [0.25, 0.3) is 17.4 Å². The van der Waals surface area contributed by atoms with Crippen LogP contribution in [0.15, 0.2) is 86.1 Å². The molecule has 2 aromatic carbocycles. The number of esters is 1. The quantitative estimate of drug-likeness (QED) is 0.195. The van der Waals surface area contributed by atoms with E-state index in [0.29, 0.717) is 43.4 Å². The molecule has 2 aromatic heterocycles. The molecule has 0 saturated carbocycles. The number of nitrogens with zero attached hydrogens (tertiary/aromatic N) is 3. The molecule has 4 aromatic rings. The molecule has 0 amide bonds. The molecule has 0 bridgehead atoms. The first-order chi connectivity index (χ1) is 18.8. The maximum absolute atomic E-state index is 13.8. The van der Waals surface area contributed by atoms with E-state index >= 15 is 0 Å². The summed E-state index contributed by atoms with van der Waals surface area (Å²) in [5, 5.41) is 11.1. The van der Waals surface area contributed by atoms with Crippen molar-refractivity contribution in [1.29, 1.82) is 0 Å².